The van der Waals surface area contributed by atoms with Crippen LogP contribution in [0.25, 0.3) is 11.6 Å². The van der Waals surface area contributed by atoms with Crippen LogP contribution in [0.2, 0.25) is 0 Å². The molecule has 0 bridgehead atoms. The fourth-order valence-electron chi connectivity index (χ4n) is 2.59. The van der Waals surface area contributed by atoms with Gasteiger partial charge in [0.15, 0.2) is 11.5 Å². The van der Waals surface area contributed by atoms with Gasteiger partial charge >= 0.3 is 5.97 Å². The van der Waals surface area contributed by atoms with Gasteiger partial charge in [-0.15, -0.1) is 0 Å². The maximum Gasteiger partial charge on any atom is 0.336 e. The highest BCUT2D eigenvalue weighted by Gasteiger charge is 2.14. The van der Waals surface area contributed by atoms with Crippen LogP contribution in [-0.4, -0.2) is 24.8 Å². The molecule has 4 heteroatoms. The number of hydrogen-bond acceptors (Lipinski definition) is 3. The fraction of sp³-hybridized carbons (Fsp3) is 0.250. The summed E-state index contributed by atoms with van der Waals surface area (Å²) >= 11 is 0. The first kappa shape index (κ1) is 17.6. The number of carbonyl (C=O) groups is 1. The van der Waals surface area contributed by atoms with Crippen molar-refractivity contribution in [1.82, 2.24) is 0 Å². The van der Waals surface area contributed by atoms with Crippen molar-refractivity contribution in [2.24, 2.45) is 0 Å². The standard InChI is InChI=1S/C20H22O4/c1-5-24-18-9-7-15(12-19(18)23-4)11-17(20(21)22)16-8-6-13(2)10-14(16)3/h6-12H,5H2,1-4H3,(H,21,22)/b17-11-. The van der Waals surface area contributed by atoms with Gasteiger partial charge in [-0.05, 0) is 55.7 Å². The van der Waals surface area contributed by atoms with Crippen LogP contribution in [0.3, 0.4) is 0 Å². The first-order chi connectivity index (χ1) is 11.5. The Morgan fingerprint density at radius 1 is 1.12 bits per heavy atom. The van der Waals surface area contributed by atoms with Crippen LogP contribution in [0.15, 0.2) is 36.4 Å². The van der Waals surface area contributed by atoms with E-state index in [1.54, 1.807) is 25.3 Å². The fourth-order valence-corrected chi connectivity index (χ4v) is 2.59. The molecular formula is C20H22O4. The Hall–Kier alpha value is -2.75. The average Bonchev–Trinajstić information content (AvgIpc) is 2.54. The van der Waals surface area contributed by atoms with Crippen molar-refractivity contribution in [2.45, 2.75) is 20.8 Å². The van der Waals surface area contributed by atoms with E-state index in [4.69, 9.17) is 9.47 Å². The number of methoxy groups -OCH3 is 1. The van der Waals surface area contributed by atoms with Gasteiger partial charge in [0.05, 0.1) is 19.3 Å². The number of carboxylic acids is 1. The molecule has 0 radical (unpaired) electrons. The second-order valence-electron chi connectivity index (χ2n) is 5.52. The van der Waals surface area contributed by atoms with Crippen molar-refractivity contribution in [3.63, 3.8) is 0 Å². The maximum atomic E-state index is 11.7. The zero-order valence-corrected chi connectivity index (χ0v) is 14.4. The third-order valence-electron chi connectivity index (χ3n) is 3.70. The first-order valence-electron chi connectivity index (χ1n) is 7.79. The van der Waals surface area contributed by atoms with E-state index in [1.165, 1.54) is 0 Å². The highest BCUT2D eigenvalue weighted by Crippen LogP contribution is 2.30. The zero-order chi connectivity index (χ0) is 17.7. The number of rotatable bonds is 6. The van der Waals surface area contributed by atoms with Crippen molar-refractivity contribution in [1.29, 1.82) is 0 Å². The molecule has 0 heterocycles. The first-order valence-corrected chi connectivity index (χ1v) is 7.79. The van der Waals surface area contributed by atoms with Crippen LogP contribution in [0.5, 0.6) is 11.5 Å². The number of ether oxygens (including phenoxy) is 2. The monoisotopic (exact) mass is 326 g/mol. The maximum absolute atomic E-state index is 11.7. The number of benzene rings is 2. The van der Waals surface area contributed by atoms with Crippen LogP contribution in [-0.2, 0) is 4.79 Å². The number of aryl methyl sites for hydroxylation is 2. The molecule has 0 amide bonds. The van der Waals surface area contributed by atoms with E-state index in [-0.39, 0.29) is 5.57 Å². The summed E-state index contributed by atoms with van der Waals surface area (Å²) in [6, 6.07) is 11.1. The van der Waals surface area contributed by atoms with Crippen molar-refractivity contribution < 1.29 is 19.4 Å². The average molecular weight is 326 g/mol. The third-order valence-corrected chi connectivity index (χ3v) is 3.70. The van der Waals surface area contributed by atoms with E-state index >= 15 is 0 Å². The molecule has 2 aromatic carbocycles. The second-order valence-corrected chi connectivity index (χ2v) is 5.52. The van der Waals surface area contributed by atoms with E-state index in [2.05, 4.69) is 0 Å². The Balaban J connectivity index is 2.50. The summed E-state index contributed by atoms with van der Waals surface area (Å²) in [5.74, 6) is 0.256. The Bertz CT molecular complexity index is 775. The lowest BCUT2D eigenvalue weighted by Crippen LogP contribution is -2.02. The van der Waals surface area contributed by atoms with Crippen molar-refractivity contribution >= 4 is 17.6 Å². The molecule has 0 aliphatic heterocycles. The van der Waals surface area contributed by atoms with Gasteiger partial charge in [-0.25, -0.2) is 4.79 Å². The van der Waals surface area contributed by atoms with E-state index in [0.29, 0.717) is 23.7 Å². The van der Waals surface area contributed by atoms with Gasteiger partial charge in [0.1, 0.15) is 0 Å². The van der Waals surface area contributed by atoms with Gasteiger partial charge in [-0.3, -0.25) is 0 Å². The van der Waals surface area contributed by atoms with Crippen LogP contribution < -0.4 is 9.47 Å². The number of aliphatic carboxylic acids is 1. The molecule has 0 aliphatic rings. The highest BCUT2D eigenvalue weighted by atomic mass is 16.5. The van der Waals surface area contributed by atoms with Gasteiger partial charge < -0.3 is 14.6 Å². The molecule has 0 aromatic heterocycles. The normalized spacial score (nSPS) is 11.2. The quantitative estimate of drug-likeness (QED) is 0.634. The Morgan fingerprint density at radius 3 is 2.46 bits per heavy atom. The van der Waals surface area contributed by atoms with Crippen LogP contribution in [0.4, 0.5) is 0 Å². The number of hydrogen-bond donors (Lipinski definition) is 1. The summed E-state index contributed by atoms with van der Waals surface area (Å²) in [6.45, 7) is 6.33. The summed E-state index contributed by atoms with van der Waals surface area (Å²) in [4.78, 5) is 11.7. The molecule has 24 heavy (non-hydrogen) atoms. The van der Waals surface area contributed by atoms with Gasteiger partial charge in [-0.2, -0.15) is 0 Å². The molecule has 2 aromatic rings. The third kappa shape index (κ3) is 3.96. The molecule has 0 fully saturated rings. The SMILES string of the molecule is CCOc1ccc(/C=C(\C(=O)O)c2ccc(C)cc2C)cc1OC. The van der Waals surface area contributed by atoms with Gasteiger partial charge in [0, 0.05) is 0 Å². The molecule has 0 saturated heterocycles. The molecule has 0 aliphatic carbocycles. The van der Waals surface area contributed by atoms with Crippen LogP contribution in [0.1, 0.15) is 29.2 Å². The van der Waals surface area contributed by atoms with Crippen LogP contribution >= 0.6 is 0 Å². The van der Waals surface area contributed by atoms with E-state index in [1.807, 2.05) is 45.0 Å². The topological polar surface area (TPSA) is 55.8 Å². The zero-order valence-electron chi connectivity index (χ0n) is 14.4. The lowest BCUT2D eigenvalue weighted by atomic mass is 9.97. The predicted octanol–water partition coefficient (Wildman–Crippen LogP) is 4.34. The molecule has 0 atom stereocenters. The van der Waals surface area contributed by atoms with Crippen molar-refractivity contribution in [3.05, 3.63) is 58.7 Å². The summed E-state index contributed by atoms with van der Waals surface area (Å²) in [6.07, 6.45) is 1.65. The summed E-state index contributed by atoms with van der Waals surface area (Å²) in [5, 5.41) is 9.62. The molecular weight excluding hydrogens is 304 g/mol. The lowest BCUT2D eigenvalue weighted by Gasteiger charge is -2.11. The summed E-state index contributed by atoms with van der Waals surface area (Å²) < 4.78 is 10.8. The Labute approximate surface area is 142 Å². The van der Waals surface area contributed by atoms with Crippen molar-refractivity contribution in [3.8, 4) is 11.5 Å². The molecule has 0 spiro atoms. The minimum Gasteiger partial charge on any atom is -0.493 e. The predicted molar refractivity (Wildman–Crippen MR) is 95.6 cm³/mol. The minimum absolute atomic E-state index is 0.249. The highest BCUT2D eigenvalue weighted by molar-refractivity contribution is 6.21. The van der Waals surface area contributed by atoms with Crippen molar-refractivity contribution in [2.75, 3.05) is 13.7 Å². The van der Waals surface area contributed by atoms with E-state index in [9.17, 15) is 9.90 Å². The molecule has 2 rings (SSSR count). The second kappa shape index (κ2) is 7.68. The van der Waals surface area contributed by atoms with Gasteiger partial charge in [0.2, 0.25) is 0 Å². The minimum atomic E-state index is -0.963. The summed E-state index contributed by atoms with van der Waals surface area (Å²) in [5.41, 5.74) is 3.73. The van der Waals surface area contributed by atoms with Crippen LogP contribution in [0, 0.1) is 13.8 Å². The van der Waals surface area contributed by atoms with E-state index < -0.39 is 5.97 Å². The molecule has 126 valence electrons. The van der Waals surface area contributed by atoms with Gasteiger partial charge in [0.25, 0.3) is 0 Å². The Kier molecular flexibility index (Phi) is 5.64. The molecule has 1 N–H and O–H groups in total. The smallest absolute Gasteiger partial charge is 0.336 e. The molecule has 4 nitrogen and oxygen atoms in total. The molecule has 0 saturated carbocycles. The Morgan fingerprint density at radius 2 is 1.88 bits per heavy atom. The number of carboxylic acid groups (broad SMARTS) is 1. The lowest BCUT2D eigenvalue weighted by molar-refractivity contribution is -0.130. The summed E-state index contributed by atoms with van der Waals surface area (Å²) in [7, 11) is 1.56. The van der Waals surface area contributed by atoms with E-state index in [0.717, 1.165) is 16.7 Å². The molecule has 0 unspecified atom stereocenters. The largest absolute Gasteiger partial charge is 0.493 e. The van der Waals surface area contributed by atoms with Gasteiger partial charge in [-0.1, -0.05) is 29.8 Å².